The Balaban J connectivity index is 1.97. The minimum Gasteiger partial charge on any atom is -0.339 e. The largest absolute Gasteiger partial charge is 0.339 e. The van der Waals surface area contributed by atoms with Crippen LogP contribution in [0, 0.1) is 0 Å². The van der Waals surface area contributed by atoms with E-state index in [9.17, 15) is 0 Å². The Hall–Kier alpha value is -1.68. The van der Waals surface area contributed by atoms with Crippen LogP contribution in [0.2, 0.25) is 0 Å². The molecule has 1 aromatic heterocycles. The van der Waals surface area contributed by atoms with Crippen molar-refractivity contribution in [1.82, 2.24) is 10.1 Å². The minimum atomic E-state index is 0.259. The SMILES string of the molecule is CC(N)CCCC(C)c1nc(-c2ccccc2)no1. The van der Waals surface area contributed by atoms with E-state index in [-0.39, 0.29) is 12.0 Å². The van der Waals surface area contributed by atoms with Crippen molar-refractivity contribution in [3.05, 3.63) is 36.2 Å². The Morgan fingerprint density at radius 1 is 1.16 bits per heavy atom. The summed E-state index contributed by atoms with van der Waals surface area (Å²) in [5.74, 6) is 1.65. The fourth-order valence-corrected chi connectivity index (χ4v) is 2.01. The molecule has 0 radical (unpaired) electrons. The highest BCUT2D eigenvalue weighted by atomic mass is 16.5. The summed E-state index contributed by atoms with van der Waals surface area (Å²) in [6, 6.07) is 10.1. The molecular weight excluding hydrogens is 238 g/mol. The monoisotopic (exact) mass is 259 g/mol. The van der Waals surface area contributed by atoms with Crippen molar-refractivity contribution in [2.24, 2.45) is 5.73 Å². The van der Waals surface area contributed by atoms with Crippen molar-refractivity contribution < 1.29 is 4.52 Å². The summed E-state index contributed by atoms with van der Waals surface area (Å²) >= 11 is 0. The number of nitrogens with two attached hydrogens (primary N) is 1. The molecule has 0 amide bonds. The first-order valence-electron chi connectivity index (χ1n) is 6.81. The van der Waals surface area contributed by atoms with Crippen molar-refractivity contribution >= 4 is 0 Å². The fraction of sp³-hybridized carbons (Fsp3) is 0.467. The van der Waals surface area contributed by atoms with Gasteiger partial charge in [-0.15, -0.1) is 0 Å². The number of rotatable bonds is 6. The van der Waals surface area contributed by atoms with Gasteiger partial charge in [-0.2, -0.15) is 4.98 Å². The predicted molar refractivity (Wildman–Crippen MR) is 75.6 cm³/mol. The second-order valence-corrected chi connectivity index (χ2v) is 5.13. The smallest absolute Gasteiger partial charge is 0.229 e. The Bertz CT molecular complexity index is 493. The number of aromatic nitrogens is 2. The highest BCUT2D eigenvalue weighted by molar-refractivity contribution is 5.53. The van der Waals surface area contributed by atoms with Crippen LogP contribution in [0.3, 0.4) is 0 Å². The first-order chi connectivity index (χ1) is 9.16. The van der Waals surface area contributed by atoms with Crippen molar-refractivity contribution in [2.45, 2.75) is 45.1 Å². The lowest BCUT2D eigenvalue weighted by Crippen LogP contribution is -2.14. The molecule has 2 rings (SSSR count). The van der Waals surface area contributed by atoms with Gasteiger partial charge < -0.3 is 10.3 Å². The van der Waals surface area contributed by atoms with Crippen LogP contribution in [0.5, 0.6) is 0 Å². The molecule has 2 unspecified atom stereocenters. The van der Waals surface area contributed by atoms with E-state index in [1.165, 1.54) is 0 Å². The van der Waals surface area contributed by atoms with Crippen molar-refractivity contribution in [3.8, 4) is 11.4 Å². The van der Waals surface area contributed by atoms with Crippen molar-refractivity contribution in [3.63, 3.8) is 0 Å². The van der Waals surface area contributed by atoms with Gasteiger partial charge in [-0.05, 0) is 19.8 Å². The predicted octanol–water partition coefficient (Wildman–Crippen LogP) is 3.36. The standard InChI is InChI=1S/C15H21N3O/c1-11(7-6-8-12(2)16)15-17-14(18-19-15)13-9-4-3-5-10-13/h3-5,9-12H,6-8,16H2,1-2H3. The second kappa shape index (κ2) is 6.48. The first kappa shape index (κ1) is 13.7. The molecule has 0 aliphatic rings. The number of benzene rings is 1. The summed E-state index contributed by atoms with van der Waals surface area (Å²) in [6.45, 7) is 4.15. The fourth-order valence-electron chi connectivity index (χ4n) is 2.01. The van der Waals surface area contributed by atoms with E-state index in [1.54, 1.807) is 0 Å². The average molecular weight is 259 g/mol. The molecule has 0 fully saturated rings. The quantitative estimate of drug-likeness (QED) is 0.864. The zero-order valence-corrected chi connectivity index (χ0v) is 11.5. The number of hydrogen-bond donors (Lipinski definition) is 1. The van der Waals surface area contributed by atoms with E-state index in [0.717, 1.165) is 24.8 Å². The van der Waals surface area contributed by atoms with Crippen LogP contribution in [0.4, 0.5) is 0 Å². The Morgan fingerprint density at radius 2 is 1.89 bits per heavy atom. The van der Waals surface area contributed by atoms with Crippen LogP contribution in [-0.2, 0) is 0 Å². The number of nitrogens with zero attached hydrogens (tertiary/aromatic N) is 2. The second-order valence-electron chi connectivity index (χ2n) is 5.13. The van der Waals surface area contributed by atoms with Gasteiger partial charge in [-0.3, -0.25) is 0 Å². The van der Waals surface area contributed by atoms with E-state index in [4.69, 9.17) is 10.3 Å². The van der Waals surface area contributed by atoms with Crippen LogP contribution in [-0.4, -0.2) is 16.2 Å². The van der Waals surface area contributed by atoms with E-state index in [2.05, 4.69) is 17.1 Å². The molecule has 0 bridgehead atoms. The third kappa shape index (κ3) is 3.89. The first-order valence-corrected chi connectivity index (χ1v) is 6.81. The summed E-state index contributed by atoms with van der Waals surface area (Å²) < 4.78 is 5.35. The van der Waals surface area contributed by atoms with Gasteiger partial charge in [0.25, 0.3) is 0 Å². The summed E-state index contributed by atoms with van der Waals surface area (Å²) in [7, 11) is 0. The molecule has 0 saturated heterocycles. The molecule has 1 heterocycles. The van der Waals surface area contributed by atoms with Gasteiger partial charge in [-0.25, -0.2) is 0 Å². The molecule has 0 spiro atoms. The lowest BCUT2D eigenvalue weighted by Gasteiger charge is -2.07. The molecule has 102 valence electrons. The Kier molecular flexibility index (Phi) is 4.68. The molecule has 2 aromatic rings. The molecular formula is C15H21N3O. The number of hydrogen-bond acceptors (Lipinski definition) is 4. The van der Waals surface area contributed by atoms with E-state index < -0.39 is 0 Å². The van der Waals surface area contributed by atoms with Gasteiger partial charge in [-0.1, -0.05) is 48.8 Å². The van der Waals surface area contributed by atoms with Crippen LogP contribution in [0.25, 0.3) is 11.4 Å². The Morgan fingerprint density at radius 3 is 2.58 bits per heavy atom. The summed E-state index contributed by atoms with van der Waals surface area (Å²) in [4.78, 5) is 4.47. The van der Waals surface area contributed by atoms with Gasteiger partial charge in [0, 0.05) is 17.5 Å². The zero-order chi connectivity index (χ0) is 13.7. The molecule has 0 aliphatic carbocycles. The molecule has 0 aliphatic heterocycles. The normalized spacial score (nSPS) is 14.3. The van der Waals surface area contributed by atoms with Crippen LogP contribution >= 0.6 is 0 Å². The molecule has 0 saturated carbocycles. The lowest BCUT2D eigenvalue weighted by atomic mass is 10.0. The van der Waals surface area contributed by atoms with Gasteiger partial charge in [0.05, 0.1) is 0 Å². The maximum Gasteiger partial charge on any atom is 0.229 e. The van der Waals surface area contributed by atoms with Crippen LogP contribution in [0.1, 0.15) is 44.9 Å². The third-order valence-corrected chi connectivity index (χ3v) is 3.19. The average Bonchev–Trinajstić information content (AvgIpc) is 2.89. The van der Waals surface area contributed by atoms with Crippen molar-refractivity contribution in [1.29, 1.82) is 0 Å². The van der Waals surface area contributed by atoms with Crippen LogP contribution in [0.15, 0.2) is 34.9 Å². The van der Waals surface area contributed by atoms with Crippen LogP contribution < -0.4 is 5.73 Å². The van der Waals surface area contributed by atoms with E-state index >= 15 is 0 Å². The molecule has 4 heteroatoms. The van der Waals surface area contributed by atoms with Gasteiger partial charge in [0.15, 0.2) is 0 Å². The highest BCUT2D eigenvalue weighted by Crippen LogP contribution is 2.23. The molecule has 19 heavy (non-hydrogen) atoms. The molecule has 2 atom stereocenters. The topological polar surface area (TPSA) is 64.9 Å². The van der Waals surface area contributed by atoms with Gasteiger partial charge >= 0.3 is 0 Å². The zero-order valence-electron chi connectivity index (χ0n) is 11.5. The lowest BCUT2D eigenvalue weighted by molar-refractivity contribution is 0.350. The Labute approximate surface area is 114 Å². The van der Waals surface area contributed by atoms with Gasteiger partial charge in [0.1, 0.15) is 0 Å². The van der Waals surface area contributed by atoms with Crippen molar-refractivity contribution in [2.75, 3.05) is 0 Å². The molecule has 2 N–H and O–H groups in total. The summed E-state index contributed by atoms with van der Waals surface area (Å²) in [5.41, 5.74) is 6.73. The maximum absolute atomic E-state index is 5.75. The van der Waals surface area contributed by atoms with Gasteiger partial charge in [0.2, 0.25) is 11.7 Å². The maximum atomic E-state index is 5.75. The third-order valence-electron chi connectivity index (χ3n) is 3.19. The molecule has 4 nitrogen and oxygen atoms in total. The minimum absolute atomic E-state index is 0.259. The van der Waals surface area contributed by atoms with E-state index in [1.807, 2.05) is 37.3 Å². The summed E-state index contributed by atoms with van der Waals surface area (Å²) in [5, 5.41) is 4.04. The molecule has 1 aromatic carbocycles. The highest BCUT2D eigenvalue weighted by Gasteiger charge is 2.15. The van der Waals surface area contributed by atoms with E-state index in [0.29, 0.717) is 11.7 Å². The summed E-state index contributed by atoms with van der Waals surface area (Å²) in [6.07, 6.45) is 3.14.